The van der Waals surface area contributed by atoms with E-state index < -0.39 is 8.32 Å². The molecule has 1 aromatic rings. The minimum atomic E-state index is -1.78. The molecule has 0 aromatic carbocycles. The van der Waals surface area contributed by atoms with Gasteiger partial charge in [0.15, 0.2) is 5.76 Å². The third-order valence-electron chi connectivity index (χ3n) is 2.98. The van der Waals surface area contributed by atoms with Crippen molar-refractivity contribution in [3.05, 3.63) is 30.7 Å². The van der Waals surface area contributed by atoms with Crippen LogP contribution >= 0.6 is 0 Å². The fourth-order valence-corrected chi connectivity index (χ4v) is 1.97. The minimum Gasteiger partial charge on any atom is -0.541 e. The Balaban J connectivity index is 2.75. The highest BCUT2D eigenvalue weighted by atomic mass is 28.4. The molecule has 0 unspecified atom stereocenters. The van der Waals surface area contributed by atoms with Crippen LogP contribution in [0.3, 0.4) is 0 Å². The molecule has 0 saturated carbocycles. The molecular weight excluding hydrogens is 204 g/mol. The lowest BCUT2D eigenvalue weighted by molar-refractivity contribution is 0.431. The molecule has 84 valence electrons. The lowest BCUT2D eigenvalue weighted by atomic mass is 10.2. The standard InChI is InChI=1S/C12H20O2Si/c1-10(11-8-7-9-13-11)14-15(5,6)12(2,3)4/h7-9H,1H2,2-6H3. The van der Waals surface area contributed by atoms with Gasteiger partial charge < -0.3 is 8.84 Å². The molecule has 0 aliphatic heterocycles. The predicted octanol–water partition coefficient (Wildman–Crippen LogP) is 4.27. The van der Waals surface area contributed by atoms with Gasteiger partial charge in [-0.3, -0.25) is 0 Å². The van der Waals surface area contributed by atoms with Gasteiger partial charge in [-0.05, 0) is 30.3 Å². The SMILES string of the molecule is C=C(O[Si](C)(C)C(C)(C)C)c1ccco1. The third-order valence-corrected chi connectivity index (χ3v) is 7.35. The van der Waals surface area contributed by atoms with Crippen molar-refractivity contribution in [3.63, 3.8) is 0 Å². The Kier molecular flexibility index (Phi) is 3.14. The van der Waals surface area contributed by atoms with Gasteiger partial charge in [0.25, 0.3) is 8.32 Å². The van der Waals surface area contributed by atoms with E-state index in [1.165, 1.54) is 0 Å². The van der Waals surface area contributed by atoms with E-state index in [4.69, 9.17) is 8.84 Å². The predicted molar refractivity (Wildman–Crippen MR) is 66.0 cm³/mol. The Labute approximate surface area is 93.1 Å². The summed E-state index contributed by atoms with van der Waals surface area (Å²) >= 11 is 0. The topological polar surface area (TPSA) is 22.4 Å². The van der Waals surface area contributed by atoms with Crippen molar-refractivity contribution < 1.29 is 8.84 Å². The molecule has 0 atom stereocenters. The number of rotatable bonds is 3. The molecule has 0 aliphatic carbocycles. The Hall–Kier alpha value is -0.963. The van der Waals surface area contributed by atoms with Gasteiger partial charge in [0.1, 0.15) is 5.76 Å². The van der Waals surface area contributed by atoms with Gasteiger partial charge in [-0.1, -0.05) is 27.4 Å². The van der Waals surface area contributed by atoms with E-state index in [1.807, 2.05) is 12.1 Å². The lowest BCUT2D eigenvalue weighted by Gasteiger charge is -2.36. The van der Waals surface area contributed by atoms with Crippen LogP contribution in [0.15, 0.2) is 29.4 Å². The van der Waals surface area contributed by atoms with Gasteiger partial charge in [0.2, 0.25) is 0 Å². The second-order valence-corrected chi connectivity index (χ2v) is 9.99. The van der Waals surface area contributed by atoms with Crippen molar-refractivity contribution >= 4 is 14.1 Å². The molecule has 15 heavy (non-hydrogen) atoms. The summed E-state index contributed by atoms with van der Waals surface area (Å²) in [4.78, 5) is 0. The largest absolute Gasteiger partial charge is 0.541 e. The summed E-state index contributed by atoms with van der Waals surface area (Å²) in [7, 11) is -1.78. The fraction of sp³-hybridized carbons (Fsp3) is 0.500. The summed E-state index contributed by atoms with van der Waals surface area (Å²) in [5, 5.41) is 0.183. The van der Waals surface area contributed by atoms with Gasteiger partial charge in [-0.2, -0.15) is 0 Å². The highest BCUT2D eigenvalue weighted by molar-refractivity contribution is 6.74. The van der Waals surface area contributed by atoms with Crippen LogP contribution in [-0.2, 0) is 4.43 Å². The van der Waals surface area contributed by atoms with Crippen LogP contribution in [0, 0.1) is 0 Å². The third kappa shape index (κ3) is 2.75. The molecule has 0 bridgehead atoms. The highest BCUT2D eigenvalue weighted by Gasteiger charge is 2.39. The summed E-state index contributed by atoms with van der Waals surface area (Å²) in [6, 6.07) is 3.71. The van der Waals surface area contributed by atoms with E-state index in [-0.39, 0.29) is 5.04 Å². The molecule has 0 radical (unpaired) electrons. The van der Waals surface area contributed by atoms with Crippen molar-refractivity contribution in [2.24, 2.45) is 0 Å². The molecule has 0 amide bonds. The Morgan fingerprint density at radius 2 is 2.00 bits per heavy atom. The van der Waals surface area contributed by atoms with Crippen molar-refractivity contribution in [1.29, 1.82) is 0 Å². The molecule has 1 heterocycles. The van der Waals surface area contributed by atoms with Gasteiger partial charge in [0.05, 0.1) is 6.26 Å². The molecule has 3 heteroatoms. The Morgan fingerprint density at radius 1 is 1.40 bits per heavy atom. The number of furan rings is 1. The van der Waals surface area contributed by atoms with Gasteiger partial charge in [0, 0.05) is 0 Å². The van der Waals surface area contributed by atoms with Crippen molar-refractivity contribution in [2.45, 2.75) is 38.9 Å². The first-order valence-electron chi connectivity index (χ1n) is 5.16. The zero-order valence-corrected chi connectivity index (χ0v) is 11.3. The van der Waals surface area contributed by atoms with Crippen LogP contribution in [0.2, 0.25) is 18.1 Å². The van der Waals surface area contributed by atoms with E-state index in [0.29, 0.717) is 5.76 Å². The summed E-state index contributed by atoms with van der Waals surface area (Å²) in [5.74, 6) is 1.37. The van der Waals surface area contributed by atoms with Gasteiger partial charge in [-0.25, -0.2) is 0 Å². The second kappa shape index (κ2) is 3.89. The molecule has 0 saturated heterocycles. The first kappa shape index (κ1) is 12.1. The van der Waals surface area contributed by atoms with Crippen LogP contribution in [0.25, 0.3) is 5.76 Å². The van der Waals surface area contributed by atoms with Crippen LogP contribution in [-0.4, -0.2) is 8.32 Å². The van der Waals surface area contributed by atoms with E-state index in [2.05, 4.69) is 40.4 Å². The van der Waals surface area contributed by atoms with E-state index in [9.17, 15) is 0 Å². The highest BCUT2D eigenvalue weighted by Crippen LogP contribution is 2.39. The zero-order chi connectivity index (χ0) is 11.7. The molecule has 0 spiro atoms. The van der Waals surface area contributed by atoms with E-state index in [0.717, 1.165) is 5.76 Å². The molecule has 2 nitrogen and oxygen atoms in total. The maximum atomic E-state index is 6.00. The van der Waals surface area contributed by atoms with Crippen molar-refractivity contribution in [2.75, 3.05) is 0 Å². The van der Waals surface area contributed by atoms with E-state index >= 15 is 0 Å². The second-order valence-electron chi connectivity index (χ2n) is 5.26. The smallest absolute Gasteiger partial charge is 0.250 e. The van der Waals surface area contributed by atoms with Gasteiger partial charge >= 0.3 is 0 Å². The van der Waals surface area contributed by atoms with Crippen LogP contribution in [0.1, 0.15) is 26.5 Å². The first-order chi connectivity index (χ1) is 6.74. The molecule has 0 N–H and O–H groups in total. The first-order valence-corrected chi connectivity index (χ1v) is 8.07. The van der Waals surface area contributed by atoms with Crippen LogP contribution in [0.5, 0.6) is 0 Å². The lowest BCUT2D eigenvalue weighted by Crippen LogP contribution is -2.40. The Bertz CT molecular complexity index is 331. The van der Waals surface area contributed by atoms with Crippen molar-refractivity contribution in [3.8, 4) is 0 Å². The molecule has 0 aliphatic rings. The monoisotopic (exact) mass is 224 g/mol. The van der Waals surface area contributed by atoms with Gasteiger partial charge in [-0.15, -0.1) is 0 Å². The summed E-state index contributed by atoms with van der Waals surface area (Å²) < 4.78 is 11.2. The average Bonchev–Trinajstić information content (AvgIpc) is 2.51. The number of hydrogen-bond donors (Lipinski definition) is 0. The zero-order valence-electron chi connectivity index (χ0n) is 10.3. The summed E-state index contributed by atoms with van der Waals surface area (Å²) in [6.45, 7) is 14.9. The van der Waals surface area contributed by atoms with Crippen LogP contribution < -0.4 is 0 Å². The molecule has 1 aromatic heterocycles. The van der Waals surface area contributed by atoms with Crippen LogP contribution in [0.4, 0.5) is 0 Å². The minimum absolute atomic E-state index is 0.183. The fourth-order valence-electron chi connectivity index (χ4n) is 0.949. The summed E-state index contributed by atoms with van der Waals surface area (Å²) in [5.41, 5.74) is 0. The maximum Gasteiger partial charge on any atom is 0.250 e. The quantitative estimate of drug-likeness (QED) is 0.565. The van der Waals surface area contributed by atoms with Crippen molar-refractivity contribution in [1.82, 2.24) is 0 Å². The number of hydrogen-bond acceptors (Lipinski definition) is 2. The average molecular weight is 224 g/mol. The molecule has 1 rings (SSSR count). The summed E-state index contributed by atoms with van der Waals surface area (Å²) in [6.07, 6.45) is 1.63. The normalized spacial score (nSPS) is 12.6. The van der Waals surface area contributed by atoms with E-state index in [1.54, 1.807) is 6.26 Å². The molecule has 0 fully saturated rings. The Morgan fingerprint density at radius 3 is 2.40 bits per heavy atom. The maximum absolute atomic E-state index is 6.00. The molecular formula is C12H20O2Si.